The first-order valence-corrected chi connectivity index (χ1v) is 9.12. The van der Waals surface area contributed by atoms with Crippen LogP contribution in [-0.4, -0.2) is 52.5 Å². The molecule has 0 saturated heterocycles. The van der Waals surface area contributed by atoms with E-state index in [0.717, 1.165) is 30.4 Å². The first-order chi connectivity index (χ1) is 12.4. The zero-order valence-corrected chi connectivity index (χ0v) is 15.7. The van der Waals surface area contributed by atoms with E-state index in [1.165, 1.54) is 5.56 Å². The van der Waals surface area contributed by atoms with Gasteiger partial charge in [-0.1, -0.05) is 6.92 Å². The van der Waals surface area contributed by atoms with Crippen molar-refractivity contribution >= 4 is 23.2 Å². The van der Waals surface area contributed by atoms with Crippen LogP contribution in [0.5, 0.6) is 5.75 Å². The van der Waals surface area contributed by atoms with Crippen LogP contribution in [0.1, 0.15) is 39.2 Å². The Balaban J connectivity index is 2.05. The summed E-state index contributed by atoms with van der Waals surface area (Å²) in [6, 6.07) is 6.20. The minimum Gasteiger partial charge on any atom is -0.483 e. The first-order valence-electron chi connectivity index (χ1n) is 9.12. The Morgan fingerprint density at radius 1 is 1.38 bits per heavy atom. The number of likely N-dealkylation sites (N-methyl/N-ethyl adjacent to an activating group) is 1. The average Bonchev–Trinajstić information content (AvgIpc) is 3.01. The zero-order valence-electron chi connectivity index (χ0n) is 15.7. The third kappa shape index (κ3) is 5.33. The number of hydrogen-bond acceptors (Lipinski definition) is 4. The fourth-order valence-corrected chi connectivity index (χ4v) is 3.09. The number of nitrogens with zero attached hydrogens (tertiary/aromatic N) is 1. The Labute approximate surface area is 154 Å². The summed E-state index contributed by atoms with van der Waals surface area (Å²) in [6.45, 7) is 8.61. The van der Waals surface area contributed by atoms with E-state index < -0.39 is 12.1 Å². The van der Waals surface area contributed by atoms with Gasteiger partial charge in [-0.3, -0.25) is 9.59 Å². The largest absolute Gasteiger partial charge is 0.483 e. The number of aromatic nitrogens is 1. The number of carbonyl (C=O) groups excluding carboxylic acids is 1. The molecule has 0 saturated carbocycles. The molecule has 0 aliphatic rings. The summed E-state index contributed by atoms with van der Waals surface area (Å²) in [7, 11) is 0. The van der Waals surface area contributed by atoms with Gasteiger partial charge in [-0.15, -0.1) is 0 Å². The third-order valence-electron chi connectivity index (χ3n) is 4.63. The highest BCUT2D eigenvalue weighted by Gasteiger charge is 2.13. The molecule has 1 aromatic carbocycles. The molecule has 0 fully saturated rings. The Morgan fingerprint density at radius 2 is 2.15 bits per heavy atom. The topological polar surface area (TPSA) is 82.6 Å². The summed E-state index contributed by atoms with van der Waals surface area (Å²) >= 11 is 0. The molecule has 1 atom stereocenters. The number of rotatable bonds is 11. The summed E-state index contributed by atoms with van der Waals surface area (Å²) < 4.78 is 5.62. The van der Waals surface area contributed by atoms with Crippen molar-refractivity contribution in [3.63, 3.8) is 0 Å². The molecule has 0 amide bonds. The minimum atomic E-state index is -0.938. The molecule has 0 aliphatic heterocycles. The number of ether oxygens (including phenoxy) is 1. The molecule has 1 aromatic heterocycles. The van der Waals surface area contributed by atoms with Crippen molar-refractivity contribution in [2.75, 3.05) is 13.1 Å². The number of benzene rings is 1. The molecule has 2 N–H and O–H groups in total. The highest BCUT2D eigenvalue weighted by Crippen LogP contribution is 2.25. The molecule has 2 rings (SSSR count). The van der Waals surface area contributed by atoms with Gasteiger partial charge in [0.05, 0.1) is 0 Å². The standard InChI is InChI=1S/C20H28N2O4/c1-4-22(14(2)3)10-9-15-12-21-19-11-16(5-7-18(15)19)26-17(13-23)6-8-20(24)25/h5,7,11-14,17,21H,4,6,8-10H2,1-3H3,(H,24,25). The Morgan fingerprint density at radius 3 is 2.77 bits per heavy atom. The summed E-state index contributed by atoms with van der Waals surface area (Å²) in [5, 5.41) is 9.87. The van der Waals surface area contributed by atoms with E-state index in [1.54, 1.807) is 0 Å². The normalized spacial score (nSPS) is 12.7. The van der Waals surface area contributed by atoms with Gasteiger partial charge in [0.2, 0.25) is 0 Å². The van der Waals surface area contributed by atoms with Crippen molar-refractivity contribution in [2.24, 2.45) is 0 Å². The monoisotopic (exact) mass is 360 g/mol. The summed E-state index contributed by atoms with van der Waals surface area (Å²) in [6.07, 6.45) is 2.95. The van der Waals surface area contributed by atoms with Crippen molar-refractivity contribution in [3.8, 4) is 5.75 Å². The van der Waals surface area contributed by atoms with E-state index in [1.807, 2.05) is 24.4 Å². The minimum absolute atomic E-state index is 0.0952. The lowest BCUT2D eigenvalue weighted by Gasteiger charge is -2.24. The number of hydrogen-bond donors (Lipinski definition) is 2. The number of fused-ring (bicyclic) bond motifs is 1. The maximum Gasteiger partial charge on any atom is 0.303 e. The number of carboxylic acids is 1. The van der Waals surface area contributed by atoms with Gasteiger partial charge in [0.25, 0.3) is 0 Å². The highest BCUT2D eigenvalue weighted by molar-refractivity contribution is 5.84. The second kappa shape index (κ2) is 9.38. The molecule has 1 heterocycles. The van der Waals surface area contributed by atoms with Gasteiger partial charge in [0, 0.05) is 48.6 Å². The van der Waals surface area contributed by atoms with Gasteiger partial charge in [0.15, 0.2) is 12.4 Å². The zero-order chi connectivity index (χ0) is 19.1. The number of carbonyl (C=O) groups is 2. The Bertz CT molecular complexity index is 738. The molecule has 1 unspecified atom stereocenters. The number of carboxylic acid groups (broad SMARTS) is 1. The molecular formula is C20H28N2O4. The Hall–Kier alpha value is -2.34. The summed E-state index contributed by atoms with van der Waals surface area (Å²) in [5.74, 6) is -0.377. The van der Waals surface area contributed by atoms with Gasteiger partial charge in [-0.2, -0.15) is 0 Å². The SMILES string of the molecule is CCN(CCc1c[nH]c2cc(OC(C=O)CCC(=O)O)ccc12)C(C)C. The number of aromatic amines is 1. The fraction of sp³-hybridized carbons (Fsp3) is 0.500. The van der Waals surface area contributed by atoms with E-state index in [-0.39, 0.29) is 12.8 Å². The molecule has 0 aliphatic carbocycles. The van der Waals surface area contributed by atoms with E-state index in [4.69, 9.17) is 9.84 Å². The third-order valence-corrected chi connectivity index (χ3v) is 4.63. The molecule has 26 heavy (non-hydrogen) atoms. The highest BCUT2D eigenvalue weighted by atomic mass is 16.5. The summed E-state index contributed by atoms with van der Waals surface area (Å²) in [4.78, 5) is 27.4. The quantitative estimate of drug-likeness (QED) is 0.601. The lowest BCUT2D eigenvalue weighted by Crippen LogP contribution is -2.32. The van der Waals surface area contributed by atoms with Crippen LogP contribution in [0.15, 0.2) is 24.4 Å². The number of nitrogens with one attached hydrogen (secondary N) is 1. The second-order valence-corrected chi connectivity index (χ2v) is 6.72. The number of aliphatic carboxylic acids is 1. The molecule has 142 valence electrons. The van der Waals surface area contributed by atoms with Crippen molar-refractivity contribution in [1.82, 2.24) is 9.88 Å². The van der Waals surface area contributed by atoms with Crippen LogP contribution in [0, 0.1) is 0 Å². The van der Waals surface area contributed by atoms with E-state index in [0.29, 0.717) is 18.1 Å². The maximum atomic E-state index is 11.1. The maximum absolute atomic E-state index is 11.1. The van der Waals surface area contributed by atoms with Crippen LogP contribution in [0.2, 0.25) is 0 Å². The van der Waals surface area contributed by atoms with Crippen molar-refractivity contribution < 1.29 is 19.4 Å². The molecule has 0 bridgehead atoms. The summed E-state index contributed by atoms with van der Waals surface area (Å²) in [5.41, 5.74) is 2.21. The fourth-order valence-electron chi connectivity index (χ4n) is 3.09. The predicted molar refractivity (Wildman–Crippen MR) is 102 cm³/mol. The van der Waals surface area contributed by atoms with Crippen molar-refractivity contribution in [2.45, 2.75) is 52.2 Å². The number of aldehydes is 1. The van der Waals surface area contributed by atoms with Gasteiger partial charge in [-0.05, 0) is 44.5 Å². The van der Waals surface area contributed by atoms with Crippen LogP contribution in [-0.2, 0) is 16.0 Å². The number of H-pyrrole nitrogens is 1. The lowest BCUT2D eigenvalue weighted by atomic mass is 10.1. The molecular weight excluding hydrogens is 332 g/mol. The molecule has 0 spiro atoms. The van der Waals surface area contributed by atoms with E-state index in [9.17, 15) is 9.59 Å². The van der Waals surface area contributed by atoms with Gasteiger partial charge in [-0.25, -0.2) is 0 Å². The second-order valence-electron chi connectivity index (χ2n) is 6.72. The Kier molecular flexibility index (Phi) is 7.21. The smallest absolute Gasteiger partial charge is 0.303 e. The van der Waals surface area contributed by atoms with Crippen LogP contribution in [0.25, 0.3) is 10.9 Å². The predicted octanol–water partition coefficient (Wildman–Crippen LogP) is 3.25. The van der Waals surface area contributed by atoms with Crippen LogP contribution < -0.4 is 4.74 Å². The van der Waals surface area contributed by atoms with Crippen LogP contribution in [0.3, 0.4) is 0 Å². The van der Waals surface area contributed by atoms with Gasteiger partial charge >= 0.3 is 5.97 Å². The first kappa shape index (κ1) is 20.0. The van der Waals surface area contributed by atoms with Gasteiger partial charge < -0.3 is 19.7 Å². The molecule has 2 aromatic rings. The van der Waals surface area contributed by atoms with Gasteiger partial charge in [0.1, 0.15) is 5.75 Å². The van der Waals surface area contributed by atoms with Crippen molar-refractivity contribution in [1.29, 1.82) is 0 Å². The van der Waals surface area contributed by atoms with Crippen molar-refractivity contribution in [3.05, 3.63) is 30.0 Å². The average molecular weight is 360 g/mol. The van der Waals surface area contributed by atoms with E-state index >= 15 is 0 Å². The molecule has 0 radical (unpaired) electrons. The van der Waals surface area contributed by atoms with Crippen LogP contribution >= 0.6 is 0 Å². The molecule has 6 nitrogen and oxygen atoms in total. The lowest BCUT2D eigenvalue weighted by molar-refractivity contribution is -0.137. The van der Waals surface area contributed by atoms with E-state index in [2.05, 4.69) is 30.7 Å². The molecule has 6 heteroatoms. The van der Waals surface area contributed by atoms with Crippen LogP contribution in [0.4, 0.5) is 0 Å².